The van der Waals surface area contributed by atoms with Crippen molar-refractivity contribution in [3.05, 3.63) is 0 Å². The molecule has 0 aromatic heterocycles. The van der Waals surface area contributed by atoms with Gasteiger partial charge in [-0.05, 0) is 25.7 Å². The Morgan fingerprint density at radius 3 is 0.610 bits per heavy atom. The Kier molecular flexibility index (Phi) is 47.8. The van der Waals surface area contributed by atoms with Crippen LogP contribution >= 0.6 is 24.4 Å². The van der Waals surface area contributed by atoms with Crippen LogP contribution in [0.1, 0.15) is 219 Å². The normalized spacial score (nSPS) is 10.6. The summed E-state index contributed by atoms with van der Waals surface area (Å²) in [6.45, 7) is 4.55. The molecule has 5 heteroatoms. The van der Waals surface area contributed by atoms with Crippen LogP contribution in [0.5, 0.6) is 0 Å². The molecule has 0 radical (unpaired) electrons. The van der Waals surface area contributed by atoms with Crippen molar-refractivity contribution >= 4 is 57.6 Å². The predicted octanol–water partition coefficient (Wildman–Crippen LogP) is 11.5. The van der Waals surface area contributed by atoms with Gasteiger partial charge in [-0.3, -0.25) is 0 Å². The van der Waals surface area contributed by atoms with Crippen LogP contribution < -0.4 is 10.2 Å². The zero-order valence-electron chi connectivity index (χ0n) is 28.0. The van der Waals surface area contributed by atoms with Gasteiger partial charge < -0.3 is 10.2 Å². The van der Waals surface area contributed by atoms with Crippen LogP contribution in [0.4, 0.5) is 0 Å². The van der Waals surface area contributed by atoms with Crippen molar-refractivity contribution < 1.29 is 10.2 Å². The van der Waals surface area contributed by atoms with Crippen molar-refractivity contribution in [1.29, 1.82) is 0 Å². The molecule has 0 unspecified atom stereocenters. The van der Waals surface area contributed by atoms with Crippen molar-refractivity contribution in [1.82, 2.24) is 0 Å². The Morgan fingerprint density at radius 1 is 0.317 bits per heavy atom. The zero-order valence-corrected chi connectivity index (χ0v) is 31.0. The van der Waals surface area contributed by atoms with Gasteiger partial charge in [0.1, 0.15) is 0 Å². The minimum Gasteiger partial charge on any atom is -0.867 e. The maximum absolute atomic E-state index is 10.6. The smallest absolute Gasteiger partial charge is 0.867 e. The Balaban J connectivity index is -0.000000688. The summed E-state index contributed by atoms with van der Waals surface area (Å²) < 4.78 is 0. The summed E-state index contributed by atoms with van der Waals surface area (Å²) >= 11 is 9.08. The molecule has 0 aliphatic heterocycles. The van der Waals surface area contributed by atoms with E-state index in [1.54, 1.807) is 0 Å². The van der Waals surface area contributed by atoms with Gasteiger partial charge in [-0.1, -0.05) is 204 Å². The molecule has 2 nitrogen and oxygen atoms in total. The molecule has 0 saturated heterocycles. The third-order valence-corrected chi connectivity index (χ3v) is 8.38. The minimum absolute atomic E-state index is 0. The van der Waals surface area contributed by atoms with Gasteiger partial charge in [0.05, 0.1) is 0 Å². The van der Waals surface area contributed by atoms with Crippen LogP contribution in [-0.2, 0) is 0 Å². The summed E-state index contributed by atoms with van der Waals surface area (Å²) in [6, 6.07) is 0. The van der Waals surface area contributed by atoms with Gasteiger partial charge in [0.25, 0.3) is 0 Å². The van der Waals surface area contributed by atoms with E-state index < -0.39 is 0 Å². The van der Waals surface area contributed by atoms with Crippen molar-refractivity contribution in [3.63, 3.8) is 0 Å². The van der Waals surface area contributed by atoms with Crippen LogP contribution in [0.15, 0.2) is 0 Å². The van der Waals surface area contributed by atoms with Gasteiger partial charge >= 0.3 is 23.1 Å². The molecular weight excluding hydrogens is 553 g/mol. The fourth-order valence-electron chi connectivity index (χ4n) is 5.28. The molecule has 0 N–H and O–H groups in total. The quantitative estimate of drug-likeness (QED) is 0.0425. The first-order valence-corrected chi connectivity index (χ1v) is 18.8. The maximum Gasteiger partial charge on any atom is 2.00 e. The first-order valence-electron chi connectivity index (χ1n) is 17.9. The zero-order chi connectivity index (χ0) is 29.8. The fourth-order valence-corrected chi connectivity index (χ4v) is 5.57. The predicted molar refractivity (Wildman–Crippen MR) is 190 cm³/mol. The van der Waals surface area contributed by atoms with Crippen LogP contribution in [0.3, 0.4) is 0 Å². The first kappa shape index (κ1) is 46.0. The molecule has 240 valence electrons. The van der Waals surface area contributed by atoms with Gasteiger partial charge in [-0.2, -0.15) is 0 Å². The van der Waals surface area contributed by atoms with E-state index in [9.17, 15) is 10.2 Å². The summed E-state index contributed by atoms with van der Waals surface area (Å²) in [5.41, 5.74) is 0. The Bertz CT molecular complexity index is 458. The Hall–Kier alpha value is 0.546. The molecule has 0 aromatic carbocycles. The molecule has 41 heavy (non-hydrogen) atoms. The number of thiocarbonyl (C=S) groups is 2. The SMILES string of the molecule is CCCCCCCCCCCCCCCCCC([O-])=S.CCCCCCCCCCCCCCCCCC([O-])=S.[Mg+2]. The third kappa shape index (κ3) is 50.5. The molecule has 0 bridgehead atoms. The molecule has 0 aliphatic rings. The van der Waals surface area contributed by atoms with Gasteiger partial charge in [-0.25, -0.2) is 0 Å². The largest absolute Gasteiger partial charge is 2.00 e. The molecule has 0 heterocycles. The molecule has 0 atom stereocenters. The molecule has 0 fully saturated rings. The average Bonchev–Trinajstić information content (AvgIpc) is 2.93. The van der Waals surface area contributed by atoms with E-state index in [2.05, 4.69) is 38.3 Å². The molecule has 0 spiro atoms. The standard InChI is InChI=1S/2C18H36OS.Mg/c2*1-2-3-4-5-6-7-8-9-10-11-12-13-14-15-16-17-18(19)20;/h2*2-17H2,1H3,(H,19,20);/q;;+2/p-2. The fraction of sp³-hybridized carbons (Fsp3) is 0.944. The number of unbranched alkanes of at least 4 members (excludes halogenated alkanes) is 28. The van der Waals surface area contributed by atoms with Crippen molar-refractivity contribution in [2.75, 3.05) is 0 Å². The first-order chi connectivity index (χ1) is 19.5. The number of hydrogen-bond donors (Lipinski definition) is 0. The minimum atomic E-state index is -0.0697. The second kappa shape index (κ2) is 42.7. The van der Waals surface area contributed by atoms with E-state index in [1.807, 2.05) is 0 Å². The Labute approximate surface area is 285 Å². The van der Waals surface area contributed by atoms with Gasteiger partial charge in [0.2, 0.25) is 0 Å². The van der Waals surface area contributed by atoms with E-state index in [0.29, 0.717) is 12.8 Å². The number of rotatable bonds is 32. The second-order valence-corrected chi connectivity index (χ2v) is 13.1. The average molecular weight is 623 g/mol. The van der Waals surface area contributed by atoms with Gasteiger partial charge in [-0.15, -0.1) is 24.4 Å². The molecular formula is C36H70MgO2S2. The molecule has 0 rings (SSSR count). The maximum atomic E-state index is 10.6. The van der Waals surface area contributed by atoms with E-state index >= 15 is 0 Å². The van der Waals surface area contributed by atoms with Gasteiger partial charge in [0.15, 0.2) is 0 Å². The van der Waals surface area contributed by atoms with Crippen LogP contribution in [0.25, 0.3) is 0 Å². The summed E-state index contributed by atoms with van der Waals surface area (Å²) in [6.07, 6.45) is 42.0. The van der Waals surface area contributed by atoms with E-state index in [-0.39, 0.29) is 33.2 Å². The second-order valence-electron chi connectivity index (χ2n) is 12.1. The van der Waals surface area contributed by atoms with Crippen LogP contribution in [-0.4, -0.2) is 33.2 Å². The monoisotopic (exact) mass is 622 g/mol. The van der Waals surface area contributed by atoms with Crippen molar-refractivity contribution in [2.45, 2.75) is 219 Å². The summed E-state index contributed by atoms with van der Waals surface area (Å²) in [4.78, 5) is 0. The summed E-state index contributed by atoms with van der Waals surface area (Å²) in [7, 11) is 0. The third-order valence-electron chi connectivity index (χ3n) is 7.97. The van der Waals surface area contributed by atoms with Gasteiger partial charge in [0, 0.05) is 0 Å². The topological polar surface area (TPSA) is 46.1 Å². The van der Waals surface area contributed by atoms with Crippen molar-refractivity contribution in [3.8, 4) is 0 Å². The molecule has 0 aromatic rings. The number of hydrogen-bond acceptors (Lipinski definition) is 4. The summed E-state index contributed by atoms with van der Waals surface area (Å²) in [5, 5.41) is 21.0. The molecule has 0 saturated carbocycles. The van der Waals surface area contributed by atoms with Crippen LogP contribution in [0.2, 0.25) is 0 Å². The molecule has 0 aliphatic carbocycles. The van der Waals surface area contributed by atoms with Crippen molar-refractivity contribution in [2.24, 2.45) is 0 Å². The van der Waals surface area contributed by atoms with E-state index in [0.717, 1.165) is 12.8 Å². The van der Waals surface area contributed by atoms with E-state index in [4.69, 9.17) is 0 Å². The Morgan fingerprint density at radius 2 is 0.463 bits per heavy atom. The van der Waals surface area contributed by atoms with Crippen LogP contribution in [0, 0.1) is 0 Å². The summed E-state index contributed by atoms with van der Waals surface area (Å²) in [5.74, 6) is 0. The molecule has 0 amide bonds. The van der Waals surface area contributed by atoms with E-state index in [1.165, 1.54) is 180 Å².